The van der Waals surface area contributed by atoms with Gasteiger partial charge < -0.3 is 11.1 Å². The minimum Gasteiger partial charge on any atom is -0.318 e. The molecule has 5 heteroatoms. The lowest BCUT2D eigenvalue weighted by molar-refractivity contribution is -0.120. The molecule has 0 bridgehead atoms. The van der Waals surface area contributed by atoms with Crippen molar-refractivity contribution in [2.75, 3.05) is 5.32 Å². The minimum atomic E-state index is -0.904. The number of nitriles is 1. The Morgan fingerprint density at radius 1 is 1.59 bits per heavy atom. The molecule has 1 amide bonds. The van der Waals surface area contributed by atoms with Crippen molar-refractivity contribution >= 4 is 22.2 Å². The molecule has 0 spiro atoms. The van der Waals surface area contributed by atoms with Gasteiger partial charge in [0.1, 0.15) is 11.1 Å². The van der Waals surface area contributed by atoms with Crippen LogP contribution in [0.2, 0.25) is 0 Å². The van der Waals surface area contributed by atoms with E-state index in [1.165, 1.54) is 11.3 Å². The molecule has 4 nitrogen and oxygen atoms in total. The summed E-state index contributed by atoms with van der Waals surface area (Å²) in [5, 5.41) is 12.4. The zero-order chi connectivity index (χ0) is 13.2. The van der Waals surface area contributed by atoms with Crippen molar-refractivity contribution in [2.45, 2.75) is 39.7 Å². The van der Waals surface area contributed by atoms with Crippen LogP contribution in [0.15, 0.2) is 0 Å². The first kappa shape index (κ1) is 13.7. The highest BCUT2D eigenvalue weighted by atomic mass is 32.1. The van der Waals surface area contributed by atoms with E-state index in [1.54, 1.807) is 6.92 Å². The zero-order valence-electron chi connectivity index (χ0n) is 10.5. The molecule has 0 aliphatic rings. The van der Waals surface area contributed by atoms with Crippen molar-refractivity contribution in [3.63, 3.8) is 0 Å². The Kier molecular flexibility index (Phi) is 3.91. The normalized spacial score (nSPS) is 13.9. The summed E-state index contributed by atoms with van der Waals surface area (Å²) >= 11 is 1.41. The predicted molar refractivity (Wildman–Crippen MR) is 70.0 cm³/mol. The SMILES string of the molecule is CCC(C)(N)C(=O)Nc1sc(C)c(C)c1C#N. The summed E-state index contributed by atoms with van der Waals surface area (Å²) < 4.78 is 0. The van der Waals surface area contributed by atoms with Gasteiger partial charge in [-0.25, -0.2) is 0 Å². The van der Waals surface area contributed by atoms with E-state index < -0.39 is 5.54 Å². The molecular weight excluding hydrogens is 234 g/mol. The number of aryl methyl sites for hydroxylation is 1. The Labute approximate surface area is 105 Å². The Hall–Kier alpha value is -1.38. The Bertz CT molecular complexity index is 483. The van der Waals surface area contributed by atoms with Gasteiger partial charge in [-0.1, -0.05) is 6.92 Å². The number of nitrogens with two attached hydrogens (primary N) is 1. The van der Waals surface area contributed by atoms with E-state index in [1.807, 2.05) is 20.8 Å². The summed E-state index contributed by atoms with van der Waals surface area (Å²) in [6.45, 7) is 7.34. The van der Waals surface area contributed by atoms with Crippen LogP contribution in [0.1, 0.15) is 36.3 Å². The third-order valence-corrected chi connectivity index (χ3v) is 4.10. The molecule has 1 aromatic rings. The molecule has 1 unspecified atom stereocenters. The first-order chi connectivity index (χ1) is 7.83. The van der Waals surface area contributed by atoms with Gasteiger partial charge in [0, 0.05) is 4.88 Å². The number of thiophene rings is 1. The molecule has 0 saturated carbocycles. The lowest BCUT2D eigenvalue weighted by Gasteiger charge is -2.20. The van der Waals surface area contributed by atoms with Crippen molar-refractivity contribution < 1.29 is 4.79 Å². The Morgan fingerprint density at radius 2 is 2.18 bits per heavy atom. The molecule has 17 heavy (non-hydrogen) atoms. The van der Waals surface area contributed by atoms with Gasteiger partial charge in [0.2, 0.25) is 5.91 Å². The lowest BCUT2D eigenvalue weighted by atomic mass is 9.99. The van der Waals surface area contributed by atoms with E-state index in [2.05, 4.69) is 11.4 Å². The molecule has 92 valence electrons. The molecule has 3 N–H and O–H groups in total. The number of hydrogen-bond donors (Lipinski definition) is 2. The summed E-state index contributed by atoms with van der Waals surface area (Å²) in [4.78, 5) is 12.9. The largest absolute Gasteiger partial charge is 0.318 e. The molecule has 0 fully saturated rings. The quantitative estimate of drug-likeness (QED) is 0.865. The maximum atomic E-state index is 11.9. The second-order valence-corrected chi connectivity index (χ2v) is 5.55. The van der Waals surface area contributed by atoms with Gasteiger partial charge in [0.15, 0.2) is 0 Å². The van der Waals surface area contributed by atoms with Gasteiger partial charge in [-0.05, 0) is 32.8 Å². The lowest BCUT2D eigenvalue weighted by Crippen LogP contribution is -2.47. The Balaban J connectivity index is 3.02. The van der Waals surface area contributed by atoms with Gasteiger partial charge in [-0.3, -0.25) is 4.79 Å². The fourth-order valence-electron chi connectivity index (χ4n) is 1.26. The van der Waals surface area contributed by atoms with Gasteiger partial charge in [0.05, 0.1) is 11.1 Å². The van der Waals surface area contributed by atoms with Crippen molar-refractivity contribution in [3.8, 4) is 6.07 Å². The van der Waals surface area contributed by atoms with Crippen molar-refractivity contribution in [3.05, 3.63) is 16.0 Å². The number of amides is 1. The minimum absolute atomic E-state index is 0.252. The standard InChI is InChI=1S/C12H17N3OS/c1-5-12(4,14)11(16)15-10-9(6-13)7(2)8(3)17-10/h5,14H2,1-4H3,(H,15,16). The van der Waals surface area contributed by atoms with Crippen LogP contribution in [0.25, 0.3) is 0 Å². The number of anilines is 1. The first-order valence-electron chi connectivity index (χ1n) is 5.44. The number of nitrogens with one attached hydrogen (secondary N) is 1. The summed E-state index contributed by atoms with van der Waals surface area (Å²) in [5.41, 5.74) is 6.40. The van der Waals surface area contributed by atoms with Gasteiger partial charge in [-0.2, -0.15) is 5.26 Å². The van der Waals surface area contributed by atoms with Crippen LogP contribution in [0.3, 0.4) is 0 Å². The number of hydrogen-bond acceptors (Lipinski definition) is 4. The fraction of sp³-hybridized carbons (Fsp3) is 0.500. The highest BCUT2D eigenvalue weighted by Crippen LogP contribution is 2.32. The van der Waals surface area contributed by atoms with E-state index >= 15 is 0 Å². The van der Waals surface area contributed by atoms with Crippen LogP contribution in [0.4, 0.5) is 5.00 Å². The maximum absolute atomic E-state index is 11.9. The molecular formula is C12H17N3OS. The molecule has 0 aliphatic heterocycles. The average Bonchev–Trinajstić information content (AvgIpc) is 2.54. The van der Waals surface area contributed by atoms with E-state index in [9.17, 15) is 4.79 Å². The predicted octanol–water partition coefficient (Wildman–Crippen LogP) is 2.30. The molecule has 1 rings (SSSR count). The third kappa shape index (κ3) is 2.65. The van der Waals surface area contributed by atoms with Gasteiger partial charge in [-0.15, -0.1) is 11.3 Å². The number of carbonyl (C=O) groups is 1. The van der Waals surface area contributed by atoms with E-state index in [4.69, 9.17) is 11.0 Å². The third-order valence-electron chi connectivity index (χ3n) is 2.98. The molecule has 0 saturated heterocycles. The maximum Gasteiger partial charge on any atom is 0.244 e. The Morgan fingerprint density at radius 3 is 2.65 bits per heavy atom. The molecule has 0 aliphatic carbocycles. The van der Waals surface area contributed by atoms with Crippen LogP contribution in [-0.2, 0) is 4.79 Å². The second kappa shape index (κ2) is 4.86. The molecule has 1 aromatic heterocycles. The van der Waals surface area contributed by atoms with Crippen LogP contribution < -0.4 is 11.1 Å². The molecule has 0 aromatic carbocycles. The van der Waals surface area contributed by atoms with E-state index in [0.29, 0.717) is 17.0 Å². The van der Waals surface area contributed by atoms with Crippen LogP contribution in [0, 0.1) is 25.2 Å². The fourth-order valence-corrected chi connectivity index (χ4v) is 2.26. The number of rotatable bonds is 3. The smallest absolute Gasteiger partial charge is 0.244 e. The van der Waals surface area contributed by atoms with E-state index in [0.717, 1.165) is 10.4 Å². The second-order valence-electron chi connectivity index (χ2n) is 4.32. The zero-order valence-corrected chi connectivity index (χ0v) is 11.4. The highest BCUT2D eigenvalue weighted by Gasteiger charge is 2.27. The monoisotopic (exact) mass is 251 g/mol. The molecule has 1 heterocycles. The van der Waals surface area contributed by atoms with Crippen molar-refractivity contribution in [1.29, 1.82) is 5.26 Å². The topological polar surface area (TPSA) is 78.9 Å². The van der Waals surface area contributed by atoms with Crippen molar-refractivity contribution in [1.82, 2.24) is 0 Å². The van der Waals surface area contributed by atoms with Crippen molar-refractivity contribution in [2.24, 2.45) is 5.73 Å². The van der Waals surface area contributed by atoms with Crippen LogP contribution >= 0.6 is 11.3 Å². The number of nitrogens with zero attached hydrogens (tertiary/aromatic N) is 1. The summed E-state index contributed by atoms with van der Waals surface area (Å²) in [7, 11) is 0. The summed E-state index contributed by atoms with van der Waals surface area (Å²) in [5.74, 6) is -0.252. The van der Waals surface area contributed by atoms with Crippen LogP contribution in [0.5, 0.6) is 0 Å². The average molecular weight is 251 g/mol. The highest BCUT2D eigenvalue weighted by molar-refractivity contribution is 7.16. The molecule has 0 radical (unpaired) electrons. The van der Waals surface area contributed by atoms with Crippen LogP contribution in [-0.4, -0.2) is 11.4 Å². The van der Waals surface area contributed by atoms with Gasteiger partial charge >= 0.3 is 0 Å². The van der Waals surface area contributed by atoms with E-state index in [-0.39, 0.29) is 5.91 Å². The number of carbonyl (C=O) groups excluding carboxylic acids is 1. The molecule has 1 atom stereocenters. The summed E-state index contributed by atoms with van der Waals surface area (Å²) in [6, 6.07) is 2.11. The summed E-state index contributed by atoms with van der Waals surface area (Å²) in [6.07, 6.45) is 0.546. The first-order valence-corrected chi connectivity index (χ1v) is 6.25. The van der Waals surface area contributed by atoms with Gasteiger partial charge in [0.25, 0.3) is 0 Å².